The van der Waals surface area contributed by atoms with Gasteiger partial charge in [0.25, 0.3) is 0 Å². The minimum atomic E-state index is -2.85. The van der Waals surface area contributed by atoms with Crippen LogP contribution in [-0.4, -0.2) is 43.7 Å². The van der Waals surface area contributed by atoms with Gasteiger partial charge in [0.1, 0.15) is 5.75 Å². The number of ether oxygens (including phenoxy) is 1. The fourth-order valence-electron chi connectivity index (χ4n) is 4.83. The average molecular weight is 452 g/mol. The SMILES string of the molecule is Cl.Cl.O=C(NC1CCN(c2ccccc2OC(F)F)C1)C1CC2CCCCC2N1. The molecular formula is C20H29Cl2F2N3O2. The largest absolute Gasteiger partial charge is 0.433 e. The van der Waals surface area contributed by atoms with Crippen LogP contribution in [0.2, 0.25) is 0 Å². The first kappa shape index (κ1) is 24.0. The maximum atomic E-state index is 12.7. The van der Waals surface area contributed by atoms with Gasteiger partial charge in [0.2, 0.25) is 5.91 Å². The summed E-state index contributed by atoms with van der Waals surface area (Å²) in [5, 5.41) is 6.67. The topological polar surface area (TPSA) is 53.6 Å². The number of amides is 1. The van der Waals surface area contributed by atoms with Crippen molar-refractivity contribution in [3.8, 4) is 5.75 Å². The van der Waals surface area contributed by atoms with E-state index in [1.54, 1.807) is 18.2 Å². The molecular weight excluding hydrogens is 423 g/mol. The highest BCUT2D eigenvalue weighted by atomic mass is 35.5. The molecule has 2 heterocycles. The zero-order chi connectivity index (χ0) is 18.8. The Hall–Kier alpha value is -1.31. The van der Waals surface area contributed by atoms with E-state index in [-0.39, 0.29) is 48.6 Å². The molecule has 1 aliphatic carbocycles. The van der Waals surface area contributed by atoms with Crippen LogP contribution in [-0.2, 0) is 4.79 Å². The number of fused-ring (bicyclic) bond motifs is 1. The predicted molar refractivity (Wildman–Crippen MR) is 114 cm³/mol. The summed E-state index contributed by atoms with van der Waals surface area (Å²) in [6.45, 7) is -1.53. The van der Waals surface area contributed by atoms with E-state index in [0.29, 0.717) is 30.7 Å². The number of nitrogens with one attached hydrogen (secondary N) is 2. The maximum Gasteiger partial charge on any atom is 0.387 e. The molecule has 0 aromatic heterocycles. The van der Waals surface area contributed by atoms with Gasteiger partial charge in [-0.1, -0.05) is 25.0 Å². The number of nitrogens with zero attached hydrogens (tertiary/aromatic N) is 1. The molecule has 0 radical (unpaired) electrons. The van der Waals surface area contributed by atoms with Crippen molar-refractivity contribution in [1.82, 2.24) is 10.6 Å². The molecule has 1 aromatic rings. The molecule has 1 aromatic carbocycles. The molecule has 4 unspecified atom stereocenters. The van der Waals surface area contributed by atoms with Crippen molar-refractivity contribution >= 4 is 36.4 Å². The summed E-state index contributed by atoms with van der Waals surface area (Å²) in [5.41, 5.74) is 0.652. The number of rotatable bonds is 5. The van der Waals surface area contributed by atoms with Crippen LogP contribution in [0.4, 0.5) is 14.5 Å². The number of hydrogen-bond donors (Lipinski definition) is 2. The molecule has 4 rings (SSSR count). The van der Waals surface area contributed by atoms with Gasteiger partial charge in [-0.25, -0.2) is 0 Å². The highest BCUT2D eigenvalue weighted by molar-refractivity contribution is 5.85. The Labute approximate surface area is 182 Å². The van der Waals surface area contributed by atoms with Crippen molar-refractivity contribution in [3.63, 3.8) is 0 Å². The summed E-state index contributed by atoms with van der Waals surface area (Å²) in [4.78, 5) is 14.7. The predicted octanol–water partition coefficient (Wildman–Crippen LogP) is 3.75. The van der Waals surface area contributed by atoms with Crippen molar-refractivity contribution in [3.05, 3.63) is 24.3 Å². The zero-order valence-electron chi connectivity index (χ0n) is 16.2. The van der Waals surface area contributed by atoms with Crippen LogP contribution < -0.4 is 20.3 Å². The van der Waals surface area contributed by atoms with Gasteiger partial charge < -0.3 is 20.3 Å². The van der Waals surface area contributed by atoms with E-state index in [0.717, 1.165) is 12.8 Å². The fraction of sp³-hybridized carbons (Fsp3) is 0.650. The molecule has 1 amide bonds. The Morgan fingerprint density at radius 3 is 2.69 bits per heavy atom. The van der Waals surface area contributed by atoms with E-state index in [1.165, 1.54) is 25.7 Å². The number of hydrogen-bond acceptors (Lipinski definition) is 4. The van der Waals surface area contributed by atoms with Crippen LogP contribution in [0.5, 0.6) is 5.75 Å². The highest BCUT2D eigenvalue weighted by Crippen LogP contribution is 2.34. The summed E-state index contributed by atoms with van der Waals surface area (Å²) in [7, 11) is 0. The van der Waals surface area contributed by atoms with Gasteiger partial charge in [0.05, 0.1) is 11.7 Å². The van der Waals surface area contributed by atoms with Crippen LogP contribution in [0.3, 0.4) is 0 Å². The van der Waals surface area contributed by atoms with Gasteiger partial charge in [-0.3, -0.25) is 4.79 Å². The average Bonchev–Trinajstić information content (AvgIpc) is 3.28. The van der Waals surface area contributed by atoms with Crippen molar-refractivity contribution in [2.75, 3.05) is 18.0 Å². The first-order chi connectivity index (χ1) is 13.1. The third-order valence-corrected chi connectivity index (χ3v) is 6.14. The van der Waals surface area contributed by atoms with Crippen LogP contribution in [0.1, 0.15) is 38.5 Å². The minimum absolute atomic E-state index is 0. The van der Waals surface area contributed by atoms with Gasteiger partial charge in [0.15, 0.2) is 0 Å². The normalized spacial score (nSPS) is 28.3. The molecule has 29 heavy (non-hydrogen) atoms. The summed E-state index contributed by atoms with van der Waals surface area (Å²) < 4.78 is 29.9. The second kappa shape index (κ2) is 10.6. The molecule has 164 valence electrons. The van der Waals surface area contributed by atoms with Gasteiger partial charge in [-0.2, -0.15) is 8.78 Å². The number of benzene rings is 1. The smallest absolute Gasteiger partial charge is 0.387 e. The summed E-state index contributed by atoms with van der Waals surface area (Å²) in [5.74, 6) is 0.891. The number of halogens is 4. The number of anilines is 1. The van der Waals surface area contributed by atoms with Gasteiger partial charge in [-0.05, 0) is 43.7 Å². The van der Waals surface area contributed by atoms with E-state index in [4.69, 9.17) is 0 Å². The van der Waals surface area contributed by atoms with Crippen LogP contribution in [0.25, 0.3) is 0 Å². The molecule has 0 spiro atoms. The quantitative estimate of drug-likeness (QED) is 0.715. The third-order valence-electron chi connectivity index (χ3n) is 6.14. The monoisotopic (exact) mass is 451 g/mol. The molecule has 4 atom stereocenters. The van der Waals surface area contributed by atoms with Gasteiger partial charge in [0, 0.05) is 25.2 Å². The lowest BCUT2D eigenvalue weighted by Gasteiger charge is -2.24. The Kier molecular flexibility index (Phi) is 8.79. The lowest BCUT2D eigenvalue weighted by atomic mass is 9.85. The van der Waals surface area contributed by atoms with E-state index >= 15 is 0 Å². The molecule has 2 N–H and O–H groups in total. The number of carbonyl (C=O) groups excluding carboxylic acids is 1. The number of para-hydroxylation sites is 2. The Balaban J connectivity index is 0.00000150. The van der Waals surface area contributed by atoms with E-state index < -0.39 is 6.61 Å². The number of carbonyl (C=O) groups is 1. The van der Waals surface area contributed by atoms with Crippen molar-refractivity contribution in [2.45, 2.75) is 63.3 Å². The lowest BCUT2D eigenvalue weighted by Crippen LogP contribution is -2.47. The second-order valence-electron chi connectivity index (χ2n) is 7.89. The first-order valence-electron chi connectivity index (χ1n) is 9.95. The lowest BCUT2D eigenvalue weighted by molar-refractivity contribution is -0.123. The second-order valence-corrected chi connectivity index (χ2v) is 7.89. The zero-order valence-corrected chi connectivity index (χ0v) is 17.8. The van der Waals surface area contributed by atoms with E-state index in [9.17, 15) is 13.6 Å². The first-order valence-corrected chi connectivity index (χ1v) is 9.95. The van der Waals surface area contributed by atoms with Crippen molar-refractivity contribution < 1.29 is 18.3 Å². The summed E-state index contributed by atoms with van der Waals surface area (Å²) >= 11 is 0. The molecule has 2 aliphatic heterocycles. The third kappa shape index (κ3) is 5.64. The number of alkyl halides is 2. The molecule has 5 nitrogen and oxygen atoms in total. The molecule has 0 bridgehead atoms. The fourth-order valence-corrected chi connectivity index (χ4v) is 4.83. The van der Waals surface area contributed by atoms with Crippen LogP contribution >= 0.6 is 24.8 Å². The van der Waals surface area contributed by atoms with Crippen molar-refractivity contribution in [1.29, 1.82) is 0 Å². The standard InChI is InChI=1S/C20H27F2N3O2.2ClH/c21-20(22)27-18-8-4-3-7-17(18)25-10-9-14(12-25)23-19(26)16-11-13-5-1-2-6-15(13)24-16;;/h3-4,7-8,13-16,20,24H,1-2,5-6,9-12H2,(H,23,26);2*1H. The Morgan fingerprint density at radius 2 is 1.93 bits per heavy atom. The summed E-state index contributed by atoms with van der Waals surface area (Å²) in [6.07, 6.45) is 6.65. The Bertz CT molecular complexity index is 669. The molecule has 1 saturated carbocycles. The van der Waals surface area contributed by atoms with E-state index in [2.05, 4.69) is 15.4 Å². The van der Waals surface area contributed by atoms with Crippen LogP contribution in [0, 0.1) is 5.92 Å². The van der Waals surface area contributed by atoms with E-state index in [1.807, 2.05) is 11.0 Å². The highest BCUT2D eigenvalue weighted by Gasteiger charge is 2.39. The molecule has 2 saturated heterocycles. The van der Waals surface area contributed by atoms with Gasteiger partial charge >= 0.3 is 6.61 Å². The summed E-state index contributed by atoms with van der Waals surface area (Å²) in [6, 6.07) is 7.25. The molecule has 3 aliphatic rings. The van der Waals surface area contributed by atoms with Crippen LogP contribution in [0.15, 0.2) is 24.3 Å². The molecule has 3 fully saturated rings. The minimum Gasteiger partial charge on any atom is -0.433 e. The molecule has 9 heteroatoms. The van der Waals surface area contributed by atoms with Gasteiger partial charge in [-0.15, -0.1) is 24.8 Å². The van der Waals surface area contributed by atoms with Crippen molar-refractivity contribution in [2.24, 2.45) is 5.92 Å². The maximum absolute atomic E-state index is 12.7. The Morgan fingerprint density at radius 1 is 1.17 bits per heavy atom.